The summed E-state index contributed by atoms with van der Waals surface area (Å²) in [5.74, 6) is -0.104. The van der Waals surface area contributed by atoms with Crippen LogP contribution in [0.15, 0.2) is 54.7 Å². The van der Waals surface area contributed by atoms with Crippen LogP contribution in [0.2, 0.25) is 0 Å². The van der Waals surface area contributed by atoms with Crippen LogP contribution < -0.4 is 10.2 Å². The number of hydrogen-bond donors (Lipinski definition) is 1. The van der Waals surface area contributed by atoms with Crippen LogP contribution >= 0.6 is 22.6 Å². The molecule has 29 heavy (non-hydrogen) atoms. The molecule has 0 saturated heterocycles. The molecule has 1 heterocycles. The summed E-state index contributed by atoms with van der Waals surface area (Å²) in [5, 5.41) is 2.81. The molecule has 4 nitrogen and oxygen atoms in total. The van der Waals surface area contributed by atoms with Crippen molar-refractivity contribution in [3.63, 3.8) is 0 Å². The lowest BCUT2D eigenvalue weighted by Crippen LogP contribution is -2.17. The Bertz CT molecular complexity index is 957. The Labute approximate surface area is 181 Å². The van der Waals surface area contributed by atoms with Crippen LogP contribution in [0, 0.1) is 3.57 Å². The second-order valence-electron chi connectivity index (χ2n) is 6.54. The van der Waals surface area contributed by atoms with Crippen molar-refractivity contribution in [3.8, 4) is 0 Å². The maximum atomic E-state index is 13.5. The van der Waals surface area contributed by atoms with Gasteiger partial charge >= 0.3 is 6.18 Å². The Morgan fingerprint density at radius 3 is 2.28 bits per heavy atom. The number of nitrogens with zero attached hydrogens (tertiary/aromatic N) is 3. The molecule has 0 aliphatic carbocycles. The molecule has 0 radical (unpaired) electrons. The predicted molar refractivity (Wildman–Crippen MR) is 118 cm³/mol. The first kappa shape index (κ1) is 21.4. The van der Waals surface area contributed by atoms with Crippen molar-refractivity contribution in [1.82, 2.24) is 9.97 Å². The Morgan fingerprint density at radius 2 is 1.69 bits per heavy atom. The molecule has 0 saturated carbocycles. The van der Waals surface area contributed by atoms with Gasteiger partial charge in [0, 0.05) is 28.2 Å². The van der Waals surface area contributed by atoms with E-state index in [2.05, 4.69) is 44.8 Å². The lowest BCUT2D eigenvalue weighted by molar-refractivity contribution is -0.137. The third-order valence-corrected chi connectivity index (χ3v) is 5.07. The highest BCUT2D eigenvalue weighted by Gasteiger charge is 2.35. The number of aryl methyl sites for hydroxylation is 1. The van der Waals surface area contributed by atoms with Crippen LogP contribution in [0.3, 0.4) is 0 Å². The number of aromatic nitrogens is 2. The molecular weight excluding hydrogens is 492 g/mol. The van der Waals surface area contributed by atoms with Gasteiger partial charge in [-0.2, -0.15) is 18.2 Å². The molecule has 0 bridgehead atoms. The third-order valence-electron chi connectivity index (χ3n) is 4.35. The molecule has 8 heteroatoms. The zero-order chi connectivity index (χ0) is 21.0. The quantitative estimate of drug-likeness (QED) is 0.380. The average Bonchev–Trinajstić information content (AvgIpc) is 2.69. The van der Waals surface area contributed by atoms with Crippen molar-refractivity contribution < 1.29 is 13.2 Å². The van der Waals surface area contributed by atoms with Gasteiger partial charge in [-0.15, -0.1) is 0 Å². The number of halogens is 4. The summed E-state index contributed by atoms with van der Waals surface area (Å²) in [6.45, 7) is 2.08. The molecule has 0 unspecified atom stereocenters. The fourth-order valence-corrected chi connectivity index (χ4v) is 3.16. The Kier molecular flexibility index (Phi) is 6.61. The normalized spacial score (nSPS) is 11.4. The van der Waals surface area contributed by atoms with Gasteiger partial charge in [-0.25, -0.2) is 4.98 Å². The Hall–Kier alpha value is -2.36. The van der Waals surface area contributed by atoms with Crippen LogP contribution in [0.25, 0.3) is 0 Å². The van der Waals surface area contributed by atoms with Gasteiger partial charge in [0.1, 0.15) is 11.4 Å². The van der Waals surface area contributed by atoms with Crippen molar-refractivity contribution in [1.29, 1.82) is 0 Å². The largest absolute Gasteiger partial charge is 0.421 e. The first-order valence-electron chi connectivity index (χ1n) is 9.07. The lowest BCUT2D eigenvalue weighted by atomic mass is 10.1. The van der Waals surface area contributed by atoms with Crippen LogP contribution in [0.5, 0.6) is 0 Å². The first-order valence-corrected chi connectivity index (χ1v) is 10.2. The summed E-state index contributed by atoms with van der Waals surface area (Å²) in [5.41, 5.74) is 1.54. The minimum Gasteiger partial charge on any atom is -0.340 e. The molecule has 1 aromatic heterocycles. The zero-order valence-corrected chi connectivity index (χ0v) is 18.1. The number of rotatable bonds is 6. The van der Waals surface area contributed by atoms with Crippen LogP contribution in [0.4, 0.5) is 36.3 Å². The fourth-order valence-electron chi connectivity index (χ4n) is 2.80. The van der Waals surface area contributed by atoms with E-state index in [0.717, 1.165) is 33.9 Å². The highest BCUT2D eigenvalue weighted by atomic mass is 127. The van der Waals surface area contributed by atoms with Crippen molar-refractivity contribution >= 4 is 45.7 Å². The Balaban J connectivity index is 1.94. The lowest BCUT2D eigenvalue weighted by Gasteiger charge is -2.20. The van der Waals surface area contributed by atoms with E-state index in [-0.39, 0.29) is 11.8 Å². The summed E-state index contributed by atoms with van der Waals surface area (Å²) < 4.78 is 41.5. The van der Waals surface area contributed by atoms with E-state index < -0.39 is 11.7 Å². The van der Waals surface area contributed by atoms with E-state index in [1.807, 2.05) is 36.4 Å². The van der Waals surface area contributed by atoms with Gasteiger partial charge < -0.3 is 10.2 Å². The monoisotopic (exact) mass is 512 g/mol. The van der Waals surface area contributed by atoms with E-state index in [1.165, 1.54) is 0 Å². The van der Waals surface area contributed by atoms with Crippen molar-refractivity contribution in [3.05, 3.63) is 69.4 Å². The predicted octanol–water partition coefficient (Wildman–Crippen LogP) is 6.56. The summed E-state index contributed by atoms with van der Waals surface area (Å²) in [6.07, 6.45) is -1.82. The van der Waals surface area contributed by atoms with E-state index in [1.54, 1.807) is 24.1 Å². The van der Waals surface area contributed by atoms with Gasteiger partial charge in [-0.3, -0.25) is 0 Å². The standard InChI is InChI=1S/C21H20F3IN4/c1-3-4-14-5-9-16(10-6-14)27-19-18(21(22,23)24)13-26-20(28-19)29(2)17-11-7-15(25)8-12-17/h5-13H,3-4H2,1-2H3,(H,26,27,28). The fraction of sp³-hybridized carbons (Fsp3) is 0.238. The molecule has 0 aliphatic rings. The number of alkyl halides is 3. The summed E-state index contributed by atoms with van der Waals surface area (Å²) in [6, 6.07) is 14.9. The van der Waals surface area contributed by atoms with Crippen molar-refractivity contribution in [2.75, 3.05) is 17.3 Å². The maximum Gasteiger partial charge on any atom is 0.421 e. The van der Waals surface area contributed by atoms with Gasteiger partial charge in [-0.05, 0) is 71.0 Å². The number of benzene rings is 2. The van der Waals surface area contributed by atoms with Gasteiger partial charge in [0.25, 0.3) is 0 Å². The van der Waals surface area contributed by atoms with E-state index >= 15 is 0 Å². The number of hydrogen-bond acceptors (Lipinski definition) is 4. The highest BCUT2D eigenvalue weighted by molar-refractivity contribution is 14.1. The molecule has 0 atom stereocenters. The molecule has 3 aromatic rings. The van der Waals surface area contributed by atoms with Gasteiger partial charge in [0.15, 0.2) is 0 Å². The molecule has 3 rings (SSSR count). The van der Waals surface area contributed by atoms with Crippen LogP contribution in [-0.4, -0.2) is 17.0 Å². The number of anilines is 4. The second kappa shape index (κ2) is 8.98. The number of nitrogens with one attached hydrogen (secondary N) is 1. The average molecular weight is 512 g/mol. The molecule has 1 N–H and O–H groups in total. The second-order valence-corrected chi connectivity index (χ2v) is 7.78. The minimum absolute atomic E-state index is 0.171. The van der Waals surface area contributed by atoms with Gasteiger partial charge in [-0.1, -0.05) is 25.5 Å². The molecular formula is C21H20F3IN4. The third kappa shape index (κ3) is 5.37. The van der Waals surface area contributed by atoms with Gasteiger partial charge in [0.05, 0.1) is 0 Å². The van der Waals surface area contributed by atoms with E-state index in [9.17, 15) is 13.2 Å². The SMILES string of the molecule is CCCc1ccc(Nc2nc(N(C)c3ccc(I)cc3)ncc2C(F)(F)F)cc1. The molecule has 152 valence electrons. The summed E-state index contributed by atoms with van der Waals surface area (Å²) >= 11 is 2.19. The molecule has 0 spiro atoms. The Morgan fingerprint density at radius 1 is 1.03 bits per heavy atom. The smallest absolute Gasteiger partial charge is 0.340 e. The van der Waals surface area contributed by atoms with E-state index in [4.69, 9.17) is 0 Å². The molecule has 0 amide bonds. The molecule has 0 fully saturated rings. The molecule has 0 aliphatic heterocycles. The van der Waals surface area contributed by atoms with Gasteiger partial charge in [0.2, 0.25) is 5.95 Å². The summed E-state index contributed by atoms with van der Waals surface area (Å²) in [7, 11) is 1.72. The highest BCUT2D eigenvalue weighted by Crippen LogP contribution is 2.36. The van der Waals surface area contributed by atoms with Crippen LogP contribution in [0.1, 0.15) is 24.5 Å². The minimum atomic E-state index is -4.57. The topological polar surface area (TPSA) is 41.1 Å². The van der Waals surface area contributed by atoms with E-state index in [0.29, 0.717) is 5.69 Å². The molecule has 2 aromatic carbocycles. The van der Waals surface area contributed by atoms with Crippen molar-refractivity contribution in [2.24, 2.45) is 0 Å². The van der Waals surface area contributed by atoms with Crippen molar-refractivity contribution in [2.45, 2.75) is 25.9 Å². The zero-order valence-electron chi connectivity index (χ0n) is 16.0. The maximum absolute atomic E-state index is 13.5. The first-order chi connectivity index (χ1) is 13.8. The summed E-state index contributed by atoms with van der Waals surface area (Å²) in [4.78, 5) is 9.76. The van der Waals surface area contributed by atoms with Crippen LogP contribution in [-0.2, 0) is 12.6 Å².